The molecule has 9 heteroatoms. The van der Waals surface area contributed by atoms with Crippen LogP contribution in [-0.2, 0) is 0 Å². The molecule has 0 radical (unpaired) electrons. The average molecular weight is 472 g/mol. The van der Waals surface area contributed by atoms with Crippen LogP contribution >= 0.6 is 11.6 Å². The van der Waals surface area contributed by atoms with E-state index >= 15 is 0 Å². The van der Waals surface area contributed by atoms with Gasteiger partial charge in [-0.15, -0.1) is 0 Å². The molecule has 2 N–H and O–H groups in total. The lowest BCUT2D eigenvalue weighted by molar-refractivity contribution is -0.133. The second-order valence-electron chi connectivity index (χ2n) is 7.28. The van der Waals surface area contributed by atoms with Crippen LogP contribution in [0.1, 0.15) is 15.9 Å². The summed E-state index contributed by atoms with van der Waals surface area (Å²) < 4.78 is 42.9. The molecular weight excluding hydrogens is 455 g/mol. The topological polar surface area (TPSA) is 64.9 Å². The van der Waals surface area contributed by atoms with Gasteiger partial charge in [0, 0.05) is 28.7 Å². The van der Waals surface area contributed by atoms with Crippen LogP contribution < -0.4 is 5.32 Å². The number of allylic oxidation sites excluding steroid dienone is 3. The Labute approximate surface area is 192 Å². The Kier molecular flexibility index (Phi) is 5.86. The van der Waals surface area contributed by atoms with Crippen molar-refractivity contribution in [1.29, 1.82) is 0 Å². The Morgan fingerprint density at radius 3 is 2.42 bits per heavy atom. The van der Waals surface area contributed by atoms with Gasteiger partial charge in [0.25, 0.3) is 0 Å². The molecular formula is C24H17ClF3N3O2. The van der Waals surface area contributed by atoms with Crippen molar-refractivity contribution >= 4 is 34.8 Å². The van der Waals surface area contributed by atoms with Gasteiger partial charge in [0.15, 0.2) is 6.04 Å². The molecule has 0 saturated carbocycles. The molecule has 2 heterocycles. The number of aromatic carboxylic acids is 1. The number of amidine groups is 1. The highest BCUT2D eigenvalue weighted by Gasteiger charge is 2.46. The van der Waals surface area contributed by atoms with Crippen LogP contribution in [0.4, 0.5) is 18.9 Å². The van der Waals surface area contributed by atoms with Gasteiger partial charge in [-0.05, 0) is 24.3 Å². The zero-order valence-corrected chi connectivity index (χ0v) is 17.7. The molecule has 2 aliphatic rings. The Bertz CT molecular complexity index is 1250. The van der Waals surface area contributed by atoms with Gasteiger partial charge in [0.05, 0.1) is 16.3 Å². The predicted molar refractivity (Wildman–Crippen MR) is 122 cm³/mol. The molecule has 1 atom stereocenters. The SMILES string of the molecule is C=C1C=C(c2ccccc2)N=C2C([C@H](Nc3ccccc3C(=O)O)C(F)(F)F)=CC(Cl)=CN12. The van der Waals surface area contributed by atoms with Crippen molar-refractivity contribution in [2.24, 2.45) is 4.99 Å². The van der Waals surface area contributed by atoms with Gasteiger partial charge in [-0.3, -0.25) is 0 Å². The Morgan fingerprint density at radius 2 is 1.76 bits per heavy atom. The molecule has 2 aromatic rings. The summed E-state index contributed by atoms with van der Waals surface area (Å²) in [6, 6.07) is 12.1. The number of rotatable bonds is 5. The van der Waals surface area contributed by atoms with Crippen LogP contribution in [0.5, 0.6) is 0 Å². The van der Waals surface area contributed by atoms with Crippen molar-refractivity contribution in [1.82, 2.24) is 4.90 Å². The fourth-order valence-electron chi connectivity index (χ4n) is 3.54. The maximum absolute atomic E-state index is 14.3. The number of carboxylic acids is 1. The van der Waals surface area contributed by atoms with E-state index in [-0.39, 0.29) is 27.7 Å². The minimum atomic E-state index is -4.80. The molecule has 0 fully saturated rings. The standard InChI is InChI=1S/C24H17ClF3N3O2/c1-14-11-20(15-7-3-2-4-8-15)30-22-18(12-16(25)13-31(14)22)21(24(26,27)28)29-19-10-6-5-9-17(19)23(32)33/h2-13,21,29H,1H2,(H,32,33)/t21-/m0/s1. The van der Waals surface area contributed by atoms with E-state index < -0.39 is 18.2 Å². The molecule has 0 aromatic heterocycles. The zero-order valence-electron chi connectivity index (χ0n) is 17.0. The lowest BCUT2D eigenvalue weighted by Gasteiger charge is -2.35. The molecule has 0 amide bonds. The molecule has 0 aliphatic carbocycles. The van der Waals surface area contributed by atoms with E-state index in [4.69, 9.17) is 11.6 Å². The second kappa shape index (κ2) is 8.63. The van der Waals surface area contributed by atoms with E-state index in [1.807, 2.05) is 6.07 Å². The third-order valence-electron chi connectivity index (χ3n) is 5.04. The third kappa shape index (κ3) is 4.56. The van der Waals surface area contributed by atoms with Gasteiger partial charge >= 0.3 is 12.1 Å². The zero-order chi connectivity index (χ0) is 23.8. The summed E-state index contributed by atoms with van der Waals surface area (Å²) in [7, 11) is 0. The van der Waals surface area contributed by atoms with Crippen molar-refractivity contribution in [3.05, 3.63) is 107 Å². The number of aliphatic imine (C=N–C) groups is 1. The lowest BCUT2D eigenvalue weighted by atomic mass is 9.98. The van der Waals surface area contributed by atoms with Gasteiger partial charge in [0.1, 0.15) is 5.84 Å². The highest BCUT2D eigenvalue weighted by atomic mass is 35.5. The Morgan fingerprint density at radius 1 is 1.09 bits per heavy atom. The normalized spacial score (nSPS) is 16.7. The van der Waals surface area contributed by atoms with Crippen molar-refractivity contribution in [3.63, 3.8) is 0 Å². The summed E-state index contributed by atoms with van der Waals surface area (Å²) >= 11 is 6.17. The number of anilines is 1. The van der Waals surface area contributed by atoms with Crippen LogP contribution in [0, 0.1) is 0 Å². The van der Waals surface area contributed by atoms with Crippen molar-refractivity contribution in [2.75, 3.05) is 5.32 Å². The minimum Gasteiger partial charge on any atom is -0.478 e. The lowest BCUT2D eigenvalue weighted by Crippen LogP contribution is -2.45. The number of fused-ring (bicyclic) bond motifs is 1. The van der Waals surface area contributed by atoms with Crippen molar-refractivity contribution in [2.45, 2.75) is 12.2 Å². The van der Waals surface area contributed by atoms with E-state index in [1.165, 1.54) is 41.4 Å². The van der Waals surface area contributed by atoms with E-state index in [0.29, 0.717) is 17.0 Å². The number of halogens is 4. The largest absolute Gasteiger partial charge is 0.478 e. The molecule has 4 rings (SSSR count). The first-order chi connectivity index (χ1) is 15.6. The maximum Gasteiger partial charge on any atom is 0.412 e. The average Bonchev–Trinajstić information content (AvgIpc) is 2.77. The summed E-state index contributed by atoms with van der Waals surface area (Å²) in [6.07, 6.45) is -0.538. The molecule has 0 bridgehead atoms. The van der Waals surface area contributed by atoms with Gasteiger partial charge in [-0.25, -0.2) is 9.79 Å². The number of alkyl halides is 3. The number of benzene rings is 2. The number of hydrogen-bond donors (Lipinski definition) is 2. The number of para-hydroxylation sites is 1. The summed E-state index contributed by atoms with van der Waals surface area (Å²) in [5.74, 6) is -1.36. The first-order valence-corrected chi connectivity index (χ1v) is 10.1. The summed E-state index contributed by atoms with van der Waals surface area (Å²) in [4.78, 5) is 17.4. The van der Waals surface area contributed by atoms with Gasteiger partial charge < -0.3 is 15.3 Å². The fraction of sp³-hybridized carbons (Fsp3) is 0.0833. The van der Waals surface area contributed by atoms with E-state index in [2.05, 4.69) is 16.9 Å². The van der Waals surface area contributed by atoms with Gasteiger partial charge in [0.2, 0.25) is 0 Å². The maximum atomic E-state index is 14.3. The van der Waals surface area contributed by atoms with Crippen LogP contribution in [0.25, 0.3) is 5.70 Å². The Balaban J connectivity index is 1.82. The number of hydrogen-bond acceptors (Lipinski definition) is 4. The fourth-order valence-corrected chi connectivity index (χ4v) is 3.76. The van der Waals surface area contributed by atoms with E-state index in [1.54, 1.807) is 30.3 Å². The summed E-state index contributed by atoms with van der Waals surface area (Å²) in [5, 5.41) is 11.8. The molecule has 2 aromatic carbocycles. The van der Waals surface area contributed by atoms with Crippen molar-refractivity contribution in [3.8, 4) is 0 Å². The second-order valence-corrected chi connectivity index (χ2v) is 7.71. The number of nitrogens with zero attached hydrogens (tertiary/aromatic N) is 2. The Hall–Kier alpha value is -3.78. The predicted octanol–water partition coefficient (Wildman–Crippen LogP) is 6.02. The number of carboxylic acid groups (broad SMARTS) is 1. The summed E-state index contributed by atoms with van der Waals surface area (Å²) in [5.41, 5.74) is 0.794. The molecule has 33 heavy (non-hydrogen) atoms. The first-order valence-electron chi connectivity index (χ1n) is 9.74. The smallest absolute Gasteiger partial charge is 0.412 e. The van der Waals surface area contributed by atoms with E-state index in [0.717, 1.165) is 0 Å². The summed E-state index contributed by atoms with van der Waals surface area (Å²) in [6.45, 7) is 3.94. The molecule has 168 valence electrons. The monoisotopic (exact) mass is 471 g/mol. The molecule has 5 nitrogen and oxygen atoms in total. The number of carbonyl (C=O) groups is 1. The van der Waals surface area contributed by atoms with Gasteiger partial charge in [-0.2, -0.15) is 13.2 Å². The highest BCUT2D eigenvalue weighted by Crippen LogP contribution is 2.37. The third-order valence-corrected chi connectivity index (χ3v) is 5.24. The van der Waals surface area contributed by atoms with Crippen LogP contribution in [0.3, 0.4) is 0 Å². The molecule has 0 unspecified atom stereocenters. The van der Waals surface area contributed by atoms with Crippen LogP contribution in [0.15, 0.2) is 101 Å². The molecule has 2 aliphatic heterocycles. The molecule has 0 spiro atoms. The number of nitrogens with one attached hydrogen (secondary N) is 1. The van der Waals surface area contributed by atoms with Crippen molar-refractivity contribution < 1.29 is 23.1 Å². The van der Waals surface area contributed by atoms with E-state index in [9.17, 15) is 23.1 Å². The highest BCUT2D eigenvalue weighted by molar-refractivity contribution is 6.32. The van der Waals surface area contributed by atoms with Crippen LogP contribution in [0.2, 0.25) is 0 Å². The minimum absolute atomic E-state index is 0.00613. The quantitative estimate of drug-likeness (QED) is 0.560. The van der Waals surface area contributed by atoms with Crippen LogP contribution in [-0.4, -0.2) is 34.0 Å². The first kappa shape index (κ1) is 22.4. The van der Waals surface area contributed by atoms with Gasteiger partial charge in [-0.1, -0.05) is 60.6 Å². The molecule has 0 saturated heterocycles.